The maximum absolute atomic E-state index is 14.2. The summed E-state index contributed by atoms with van der Waals surface area (Å²) < 4.78 is 26.4. The molecule has 1 saturated heterocycles. The molecule has 2 aromatic rings. The average Bonchev–Trinajstić information content (AvgIpc) is 2.78. The standard InChI is InChI=1S/C28H33Cl2NO3S/c1-6-12-28(5)15-24(19-8-7-9-20(29)13-19)26-22-11-10-21(30)14-23(22)18(4)25(31(26)27(28)32)16-35(33,34)17(2)3/h6-11,13-14,17-18,24-26H,1,12,15-16H2,2-5H3/t18?,24-,25-,26-,28+/m1/s1. The van der Waals surface area contributed by atoms with Crippen LogP contribution in [0.15, 0.2) is 55.1 Å². The third kappa shape index (κ3) is 4.68. The highest BCUT2D eigenvalue weighted by Gasteiger charge is 2.55. The molecule has 7 heteroatoms. The van der Waals surface area contributed by atoms with Gasteiger partial charge in [0.2, 0.25) is 5.91 Å². The smallest absolute Gasteiger partial charge is 0.229 e. The highest BCUT2D eigenvalue weighted by molar-refractivity contribution is 7.92. The highest BCUT2D eigenvalue weighted by Crippen LogP contribution is 2.56. The molecule has 1 unspecified atom stereocenters. The van der Waals surface area contributed by atoms with Gasteiger partial charge in [0.25, 0.3) is 0 Å². The van der Waals surface area contributed by atoms with Gasteiger partial charge in [0.15, 0.2) is 9.84 Å². The molecule has 0 N–H and O–H groups in total. The first-order chi connectivity index (χ1) is 16.4. The van der Waals surface area contributed by atoms with Gasteiger partial charge in [-0.15, -0.1) is 6.58 Å². The number of carbonyl (C=O) groups excluding carboxylic acids is 1. The van der Waals surface area contributed by atoms with Gasteiger partial charge in [-0.3, -0.25) is 4.79 Å². The van der Waals surface area contributed by atoms with Crippen LogP contribution < -0.4 is 0 Å². The number of hydrogen-bond acceptors (Lipinski definition) is 3. The molecule has 0 spiro atoms. The third-order valence-electron chi connectivity index (χ3n) is 7.89. The van der Waals surface area contributed by atoms with E-state index in [1.54, 1.807) is 19.9 Å². The van der Waals surface area contributed by atoms with E-state index in [4.69, 9.17) is 23.2 Å². The molecule has 0 saturated carbocycles. The van der Waals surface area contributed by atoms with E-state index in [0.29, 0.717) is 22.9 Å². The van der Waals surface area contributed by atoms with Crippen molar-refractivity contribution in [2.75, 3.05) is 5.75 Å². The third-order valence-corrected chi connectivity index (χ3v) is 10.6. The van der Waals surface area contributed by atoms with E-state index in [2.05, 4.69) is 6.58 Å². The molecule has 0 bridgehead atoms. The van der Waals surface area contributed by atoms with E-state index in [-0.39, 0.29) is 29.5 Å². The predicted octanol–water partition coefficient (Wildman–Crippen LogP) is 6.94. The zero-order valence-electron chi connectivity index (χ0n) is 20.7. The lowest BCUT2D eigenvalue weighted by Crippen LogP contribution is -2.60. The van der Waals surface area contributed by atoms with Crippen LogP contribution in [0.5, 0.6) is 0 Å². The van der Waals surface area contributed by atoms with Crippen LogP contribution in [0.1, 0.15) is 75.1 Å². The summed E-state index contributed by atoms with van der Waals surface area (Å²) in [5, 5.41) is 0.709. The first-order valence-corrected chi connectivity index (χ1v) is 14.6. The van der Waals surface area contributed by atoms with Gasteiger partial charge in [0.1, 0.15) is 0 Å². The highest BCUT2D eigenvalue weighted by atomic mass is 35.5. The summed E-state index contributed by atoms with van der Waals surface area (Å²) in [5.41, 5.74) is 2.37. The first-order valence-electron chi connectivity index (χ1n) is 12.1. The number of halogens is 2. The zero-order chi connectivity index (χ0) is 25.7. The Hall–Kier alpha value is -1.82. The number of allylic oxidation sites excluding steroid dienone is 1. The number of sulfone groups is 1. The Morgan fingerprint density at radius 3 is 2.46 bits per heavy atom. The fourth-order valence-electron chi connectivity index (χ4n) is 5.88. The van der Waals surface area contributed by atoms with Crippen LogP contribution in [-0.2, 0) is 14.6 Å². The molecule has 0 radical (unpaired) electrons. The van der Waals surface area contributed by atoms with Crippen molar-refractivity contribution in [1.82, 2.24) is 4.90 Å². The number of piperidine rings is 1. The number of amides is 1. The molecule has 2 heterocycles. The summed E-state index contributed by atoms with van der Waals surface area (Å²) in [5.74, 6) is -0.361. The number of carbonyl (C=O) groups is 1. The number of benzene rings is 2. The van der Waals surface area contributed by atoms with E-state index in [0.717, 1.165) is 16.7 Å². The van der Waals surface area contributed by atoms with Crippen molar-refractivity contribution in [3.63, 3.8) is 0 Å². The molecule has 5 atom stereocenters. The van der Waals surface area contributed by atoms with Crippen molar-refractivity contribution >= 4 is 38.9 Å². The van der Waals surface area contributed by atoms with Gasteiger partial charge in [-0.2, -0.15) is 0 Å². The lowest BCUT2D eigenvalue weighted by molar-refractivity contribution is -0.155. The number of nitrogens with zero attached hydrogens (tertiary/aromatic N) is 1. The van der Waals surface area contributed by atoms with Crippen molar-refractivity contribution in [1.29, 1.82) is 0 Å². The Labute approximate surface area is 219 Å². The van der Waals surface area contributed by atoms with Crippen molar-refractivity contribution in [2.24, 2.45) is 5.41 Å². The van der Waals surface area contributed by atoms with Crippen LogP contribution in [0.4, 0.5) is 0 Å². The molecule has 4 nitrogen and oxygen atoms in total. The summed E-state index contributed by atoms with van der Waals surface area (Å²) in [6.07, 6.45) is 2.91. The second kappa shape index (κ2) is 9.57. The van der Waals surface area contributed by atoms with E-state index in [1.807, 2.05) is 61.2 Å². The lowest BCUT2D eigenvalue weighted by Gasteiger charge is -2.56. The van der Waals surface area contributed by atoms with Crippen molar-refractivity contribution < 1.29 is 13.2 Å². The first kappa shape index (κ1) is 26.2. The second-order valence-electron chi connectivity index (χ2n) is 10.6. The fourth-order valence-corrected chi connectivity index (χ4v) is 7.57. The van der Waals surface area contributed by atoms with Crippen LogP contribution in [0, 0.1) is 5.41 Å². The summed E-state index contributed by atoms with van der Waals surface area (Å²) in [4.78, 5) is 16.1. The Bertz CT molecular complexity index is 1260. The Morgan fingerprint density at radius 2 is 1.83 bits per heavy atom. The van der Waals surface area contributed by atoms with Gasteiger partial charge in [0, 0.05) is 21.9 Å². The Balaban J connectivity index is 1.97. The quantitative estimate of drug-likeness (QED) is 0.377. The van der Waals surface area contributed by atoms with Crippen LogP contribution >= 0.6 is 23.2 Å². The molecule has 0 aromatic heterocycles. The number of rotatable bonds is 6. The normalized spacial score (nSPS) is 28.5. The number of fused-ring (bicyclic) bond motifs is 3. The van der Waals surface area contributed by atoms with Gasteiger partial charge < -0.3 is 4.90 Å². The van der Waals surface area contributed by atoms with Gasteiger partial charge in [-0.25, -0.2) is 8.42 Å². The Morgan fingerprint density at radius 1 is 1.14 bits per heavy atom. The fraction of sp³-hybridized carbons (Fsp3) is 0.464. The summed E-state index contributed by atoms with van der Waals surface area (Å²) in [6.45, 7) is 11.3. The van der Waals surface area contributed by atoms with Crippen LogP contribution in [-0.4, -0.2) is 36.3 Å². The van der Waals surface area contributed by atoms with E-state index in [9.17, 15) is 13.2 Å². The SMILES string of the molecule is C=CC[C@@]1(C)C[C@H](c2cccc(Cl)c2)[C@H]2c3ccc(Cl)cc3C(C)[C@@H](CS(=O)(=O)C(C)C)N2C1=O. The number of hydrogen-bond donors (Lipinski definition) is 0. The minimum Gasteiger partial charge on any atom is -0.330 e. The maximum Gasteiger partial charge on any atom is 0.229 e. The molecule has 188 valence electrons. The molecule has 2 aromatic carbocycles. The van der Waals surface area contributed by atoms with Gasteiger partial charge >= 0.3 is 0 Å². The molecule has 2 aliphatic heterocycles. The monoisotopic (exact) mass is 533 g/mol. The molecule has 1 fully saturated rings. The molecule has 35 heavy (non-hydrogen) atoms. The van der Waals surface area contributed by atoms with Crippen LogP contribution in [0.25, 0.3) is 0 Å². The average molecular weight is 535 g/mol. The zero-order valence-corrected chi connectivity index (χ0v) is 23.0. The molecule has 2 aliphatic rings. The van der Waals surface area contributed by atoms with Crippen molar-refractivity contribution in [3.05, 3.63) is 81.9 Å². The molecule has 4 rings (SSSR count). The maximum atomic E-state index is 14.2. The molecular formula is C28H33Cl2NO3S. The molecule has 1 amide bonds. The summed E-state index contributed by atoms with van der Waals surface area (Å²) in [7, 11) is -3.42. The van der Waals surface area contributed by atoms with E-state index < -0.39 is 26.5 Å². The van der Waals surface area contributed by atoms with Crippen molar-refractivity contribution in [2.45, 2.75) is 69.7 Å². The van der Waals surface area contributed by atoms with Gasteiger partial charge in [0.05, 0.1) is 28.5 Å². The van der Waals surface area contributed by atoms with Crippen LogP contribution in [0.3, 0.4) is 0 Å². The minimum absolute atomic E-state index is 0.0166. The summed E-state index contributed by atoms with van der Waals surface area (Å²) in [6, 6.07) is 12.8. The van der Waals surface area contributed by atoms with Crippen molar-refractivity contribution in [3.8, 4) is 0 Å². The molecule has 0 aliphatic carbocycles. The second-order valence-corrected chi connectivity index (χ2v) is 14.1. The Kier molecular flexibility index (Phi) is 7.18. The van der Waals surface area contributed by atoms with E-state index in [1.165, 1.54) is 0 Å². The van der Waals surface area contributed by atoms with Gasteiger partial charge in [-0.1, -0.05) is 61.3 Å². The predicted molar refractivity (Wildman–Crippen MR) is 144 cm³/mol. The van der Waals surface area contributed by atoms with E-state index >= 15 is 0 Å². The molecular weight excluding hydrogens is 501 g/mol. The van der Waals surface area contributed by atoms with Gasteiger partial charge in [-0.05, 0) is 67.6 Å². The summed E-state index contributed by atoms with van der Waals surface area (Å²) >= 11 is 12.8. The largest absolute Gasteiger partial charge is 0.330 e. The minimum atomic E-state index is -3.42. The van der Waals surface area contributed by atoms with Crippen LogP contribution in [0.2, 0.25) is 10.0 Å². The lowest BCUT2D eigenvalue weighted by atomic mass is 9.64. The topological polar surface area (TPSA) is 54.5 Å².